The maximum absolute atomic E-state index is 14.0. The number of aromatic nitrogens is 1. The van der Waals surface area contributed by atoms with Crippen LogP contribution in [-0.2, 0) is 21.2 Å². The lowest BCUT2D eigenvalue weighted by atomic mass is 10.0. The number of carbonyl (C=O) groups excluding carboxylic acids is 1. The molecule has 1 saturated heterocycles. The Hall–Kier alpha value is -3.31. The van der Waals surface area contributed by atoms with Gasteiger partial charge in [-0.15, -0.1) is 11.3 Å². The average molecular weight is 607 g/mol. The van der Waals surface area contributed by atoms with Gasteiger partial charge in [0.15, 0.2) is 0 Å². The molecule has 1 aliphatic heterocycles. The number of thiazole rings is 1. The molecule has 1 aromatic heterocycles. The van der Waals surface area contributed by atoms with Gasteiger partial charge in [-0.2, -0.15) is 13.2 Å². The minimum absolute atomic E-state index is 0.125. The smallest absolute Gasteiger partial charge is 0.419 e. The van der Waals surface area contributed by atoms with E-state index in [0.717, 1.165) is 11.8 Å². The minimum atomic E-state index is -4.61. The molecule has 2 heterocycles. The number of para-hydroxylation sites is 1. The Morgan fingerprint density at radius 1 is 1.02 bits per heavy atom. The first kappa shape index (κ1) is 31.6. The van der Waals surface area contributed by atoms with Crippen molar-refractivity contribution in [3.05, 3.63) is 65.3 Å². The molecule has 1 atom stereocenters. The molecule has 1 fully saturated rings. The molecule has 4 rings (SSSR count). The van der Waals surface area contributed by atoms with Crippen molar-refractivity contribution in [1.82, 2.24) is 9.88 Å². The van der Waals surface area contributed by atoms with Crippen molar-refractivity contribution in [3.8, 4) is 21.9 Å². The van der Waals surface area contributed by atoms with E-state index in [1.807, 2.05) is 37.3 Å². The number of unbranched alkanes of at least 4 members (excludes halogenated alkanes) is 1. The molecular weight excluding hydrogens is 569 g/mol. The van der Waals surface area contributed by atoms with Gasteiger partial charge in [-0.3, -0.25) is 4.90 Å². The lowest BCUT2D eigenvalue weighted by molar-refractivity contribution is -0.138. The minimum Gasteiger partial charge on any atom is -0.494 e. The number of hydrogen-bond acceptors (Lipinski definition) is 7. The second-order valence-electron chi connectivity index (χ2n) is 11.8. The topological polar surface area (TPSA) is 70.1 Å². The molecule has 0 radical (unpaired) electrons. The van der Waals surface area contributed by atoms with Crippen LogP contribution in [0.4, 0.5) is 18.0 Å². The fourth-order valence-corrected chi connectivity index (χ4v) is 5.74. The van der Waals surface area contributed by atoms with Crippen LogP contribution in [0.5, 0.6) is 11.5 Å². The van der Waals surface area contributed by atoms with Gasteiger partial charge in [0.2, 0.25) is 0 Å². The Labute approximate surface area is 248 Å². The average Bonchev–Trinajstić information content (AvgIpc) is 3.48. The number of hydrogen-bond donors (Lipinski definition) is 0. The molecule has 0 saturated carbocycles. The van der Waals surface area contributed by atoms with Crippen molar-refractivity contribution < 1.29 is 36.9 Å². The first-order valence-corrected chi connectivity index (χ1v) is 14.6. The standard InChI is InChI=1S/C31H37F3N2O5S/c1-28(2,3)41-27(37)36-29(4,5)40-20-30(36,6)26-35-19-25(42-26)21-14-15-24(23(18-21)31(32,33)34)39-17-11-10-16-38-22-12-8-7-9-13-22/h7-9,12-15,18-19H,10-11,16-17,20H2,1-6H3. The summed E-state index contributed by atoms with van der Waals surface area (Å²) in [5, 5.41) is 0.528. The van der Waals surface area contributed by atoms with Crippen LogP contribution in [0.15, 0.2) is 54.7 Å². The largest absolute Gasteiger partial charge is 0.494 e. The van der Waals surface area contributed by atoms with E-state index in [4.69, 9.17) is 18.9 Å². The van der Waals surface area contributed by atoms with Crippen LogP contribution in [0.25, 0.3) is 10.4 Å². The zero-order chi connectivity index (χ0) is 30.8. The molecule has 0 bridgehead atoms. The lowest BCUT2D eigenvalue weighted by Gasteiger charge is -2.39. The molecule has 42 heavy (non-hydrogen) atoms. The summed E-state index contributed by atoms with van der Waals surface area (Å²) < 4.78 is 64.9. The summed E-state index contributed by atoms with van der Waals surface area (Å²) >= 11 is 1.21. The van der Waals surface area contributed by atoms with Crippen LogP contribution in [0.1, 0.15) is 65.0 Å². The third kappa shape index (κ3) is 7.36. The number of carbonyl (C=O) groups is 1. The molecule has 0 spiro atoms. The summed E-state index contributed by atoms with van der Waals surface area (Å²) in [7, 11) is 0. The maximum Gasteiger partial charge on any atom is 0.419 e. The van der Waals surface area contributed by atoms with Gasteiger partial charge in [-0.1, -0.05) is 18.2 Å². The van der Waals surface area contributed by atoms with Crippen molar-refractivity contribution in [1.29, 1.82) is 0 Å². The summed E-state index contributed by atoms with van der Waals surface area (Å²) in [4.78, 5) is 19.8. The number of nitrogens with zero attached hydrogens (tertiary/aromatic N) is 2. The van der Waals surface area contributed by atoms with E-state index in [1.54, 1.807) is 40.7 Å². The highest BCUT2D eigenvalue weighted by molar-refractivity contribution is 7.15. The van der Waals surface area contributed by atoms with E-state index in [2.05, 4.69) is 4.98 Å². The Morgan fingerprint density at radius 3 is 2.33 bits per heavy atom. The van der Waals surface area contributed by atoms with Crippen LogP contribution >= 0.6 is 11.3 Å². The number of ether oxygens (including phenoxy) is 4. The molecule has 7 nitrogen and oxygen atoms in total. The Morgan fingerprint density at radius 2 is 1.69 bits per heavy atom. The van der Waals surface area contributed by atoms with Crippen molar-refractivity contribution in [2.45, 2.75) is 77.4 Å². The first-order valence-electron chi connectivity index (χ1n) is 13.8. The lowest BCUT2D eigenvalue weighted by Crippen LogP contribution is -2.53. The SMILES string of the molecule is CC(C)(C)OC(=O)N1C(C)(C)OCC1(C)c1ncc(-c2ccc(OCCCCOc3ccccc3)c(C(F)(F)F)c2)s1. The highest BCUT2D eigenvalue weighted by Crippen LogP contribution is 2.46. The van der Waals surface area contributed by atoms with Gasteiger partial charge in [0.25, 0.3) is 0 Å². The molecule has 11 heteroatoms. The van der Waals surface area contributed by atoms with E-state index in [-0.39, 0.29) is 19.0 Å². The second-order valence-corrected chi connectivity index (χ2v) is 12.8. The van der Waals surface area contributed by atoms with Gasteiger partial charge in [0, 0.05) is 6.20 Å². The fourth-order valence-electron chi connectivity index (χ4n) is 4.71. The highest BCUT2D eigenvalue weighted by atomic mass is 32.1. The van der Waals surface area contributed by atoms with Crippen molar-refractivity contribution in [2.24, 2.45) is 0 Å². The Bertz CT molecular complexity index is 1370. The Kier molecular flexibility index (Phi) is 9.13. The number of amides is 1. The van der Waals surface area contributed by atoms with Gasteiger partial charge in [-0.25, -0.2) is 9.78 Å². The predicted octanol–water partition coefficient (Wildman–Crippen LogP) is 8.29. The van der Waals surface area contributed by atoms with Crippen LogP contribution in [0.2, 0.25) is 0 Å². The van der Waals surface area contributed by atoms with Crippen molar-refractivity contribution >= 4 is 17.4 Å². The quantitative estimate of drug-likeness (QED) is 0.228. The van der Waals surface area contributed by atoms with Crippen LogP contribution in [0.3, 0.4) is 0 Å². The van der Waals surface area contributed by atoms with Crippen LogP contribution < -0.4 is 9.47 Å². The van der Waals surface area contributed by atoms with E-state index < -0.39 is 34.7 Å². The van der Waals surface area contributed by atoms with Crippen LogP contribution in [-0.4, -0.2) is 47.1 Å². The molecular formula is C31H37F3N2O5S. The Balaban J connectivity index is 1.48. The molecule has 3 aromatic rings. The monoisotopic (exact) mass is 606 g/mol. The zero-order valence-corrected chi connectivity index (χ0v) is 25.5. The summed E-state index contributed by atoms with van der Waals surface area (Å²) in [6, 6.07) is 13.3. The van der Waals surface area contributed by atoms with Crippen LogP contribution in [0, 0.1) is 0 Å². The number of benzene rings is 2. The van der Waals surface area contributed by atoms with Crippen molar-refractivity contribution in [2.75, 3.05) is 19.8 Å². The van der Waals surface area contributed by atoms with E-state index in [0.29, 0.717) is 34.9 Å². The third-order valence-electron chi connectivity index (χ3n) is 6.66. The molecule has 0 aliphatic carbocycles. The molecule has 1 amide bonds. The molecule has 1 aliphatic rings. The summed E-state index contributed by atoms with van der Waals surface area (Å²) in [5.74, 6) is 0.518. The van der Waals surface area contributed by atoms with E-state index in [9.17, 15) is 18.0 Å². The molecule has 0 N–H and O–H groups in total. The number of halogens is 3. The summed E-state index contributed by atoms with van der Waals surface area (Å²) in [6.07, 6.45) is -2.48. The summed E-state index contributed by atoms with van der Waals surface area (Å²) in [5.41, 5.74) is -3.19. The zero-order valence-electron chi connectivity index (χ0n) is 24.7. The van der Waals surface area contributed by atoms with Gasteiger partial charge in [0.1, 0.15) is 33.4 Å². The van der Waals surface area contributed by atoms with Gasteiger partial charge in [0.05, 0.1) is 30.3 Å². The maximum atomic E-state index is 14.0. The predicted molar refractivity (Wildman–Crippen MR) is 155 cm³/mol. The number of rotatable bonds is 9. The van der Waals surface area contributed by atoms with Gasteiger partial charge in [-0.05, 0) is 90.3 Å². The van der Waals surface area contributed by atoms with Crippen molar-refractivity contribution in [3.63, 3.8) is 0 Å². The fraction of sp³-hybridized carbons (Fsp3) is 0.484. The highest BCUT2D eigenvalue weighted by Gasteiger charge is 2.55. The third-order valence-corrected chi connectivity index (χ3v) is 7.96. The first-order chi connectivity index (χ1) is 19.6. The van der Waals surface area contributed by atoms with E-state index in [1.165, 1.54) is 28.5 Å². The molecule has 2 aromatic carbocycles. The van der Waals surface area contributed by atoms with E-state index >= 15 is 0 Å². The number of alkyl halides is 3. The summed E-state index contributed by atoms with van der Waals surface area (Å²) in [6.45, 7) is 11.4. The second kappa shape index (κ2) is 12.1. The molecule has 1 unspecified atom stereocenters. The normalized spacial score (nSPS) is 18.6. The van der Waals surface area contributed by atoms with Gasteiger partial charge < -0.3 is 18.9 Å². The molecule has 228 valence electrons. The van der Waals surface area contributed by atoms with Gasteiger partial charge >= 0.3 is 12.3 Å².